The predicted octanol–water partition coefficient (Wildman–Crippen LogP) is 5.50. The maximum Gasteiger partial charge on any atom is 0.0421 e. The molecule has 0 N–H and O–H groups in total. The normalized spacial score (nSPS) is 27.2. The van der Waals surface area contributed by atoms with Crippen molar-refractivity contribution in [2.45, 2.75) is 49.9 Å². The van der Waals surface area contributed by atoms with Crippen LogP contribution in [-0.2, 0) is 5.33 Å². The summed E-state index contributed by atoms with van der Waals surface area (Å²) in [6, 6.07) is 7.51. The second kappa shape index (κ2) is 6.17. The van der Waals surface area contributed by atoms with E-state index in [4.69, 9.17) is 0 Å². The molecule has 2 atom stereocenters. The van der Waals surface area contributed by atoms with Crippen molar-refractivity contribution in [1.82, 2.24) is 0 Å². The molecule has 2 aliphatic rings. The van der Waals surface area contributed by atoms with Gasteiger partial charge in [0.2, 0.25) is 0 Å². The molecular weight excluding hydrogens is 366 g/mol. The summed E-state index contributed by atoms with van der Waals surface area (Å²) >= 11 is 7.28. The van der Waals surface area contributed by atoms with Crippen LogP contribution in [0.1, 0.15) is 44.1 Å². The van der Waals surface area contributed by atoms with Crippen molar-refractivity contribution in [1.29, 1.82) is 0 Å². The number of hydrogen-bond acceptors (Lipinski definition) is 1. The largest absolute Gasteiger partial charge is 0.368 e. The van der Waals surface area contributed by atoms with E-state index in [1.54, 1.807) is 0 Å². The molecule has 1 aliphatic carbocycles. The molecule has 0 spiro atoms. The molecule has 1 aromatic carbocycles. The van der Waals surface area contributed by atoms with Crippen molar-refractivity contribution in [3.05, 3.63) is 28.2 Å². The first-order chi connectivity index (χ1) is 9.29. The highest BCUT2D eigenvalue weighted by Crippen LogP contribution is 2.39. The van der Waals surface area contributed by atoms with Crippen molar-refractivity contribution in [3.8, 4) is 0 Å². The maximum absolute atomic E-state index is 3.65. The van der Waals surface area contributed by atoms with Gasteiger partial charge in [-0.2, -0.15) is 0 Å². The van der Waals surface area contributed by atoms with Crippen LogP contribution in [0.3, 0.4) is 0 Å². The maximum atomic E-state index is 3.65. The number of fused-ring (bicyclic) bond motifs is 1. The summed E-state index contributed by atoms with van der Waals surface area (Å²) in [4.78, 5) is 2.70. The van der Waals surface area contributed by atoms with Crippen LogP contribution < -0.4 is 4.90 Å². The molecule has 1 saturated carbocycles. The van der Waals surface area contributed by atoms with Gasteiger partial charge in [-0.15, -0.1) is 0 Å². The molecule has 1 saturated heterocycles. The third kappa shape index (κ3) is 2.87. The molecule has 0 unspecified atom stereocenters. The van der Waals surface area contributed by atoms with E-state index in [2.05, 4.69) is 55.0 Å². The Morgan fingerprint density at radius 2 is 1.89 bits per heavy atom. The lowest BCUT2D eigenvalue weighted by Gasteiger charge is -2.46. The standard InChI is InChI=1S/C16H21Br2N/c17-11-13-7-8-14(18)10-16(13)19-9-3-5-12-4-1-2-6-15(12)19/h7-8,10,12,15H,1-6,9,11H2/t12-,15-/m1/s1. The van der Waals surface area contributed by atoms with Crippen molar-refractivity contribution in [2.75, 3.05) is 11.4 Å². The first kappa shape index (κ1) is 13.9. The Morgan fingerprint density at radius 3 is 2.74 bits per heavy atom. The summed E-state index contributed by atoms with van der Waals surface area (Å²) in [6.45, 7) is 1.23. The molecule has 0 radical (unpaired) electrons. The van der Waals surface area contributed by atoms with Crippen molar-refractivity contribution >= 4 is 37.5 Å². The van der Waals surface area contributed by atoms with Crippen LogP contribution >= 0.6 is 31.9 Å². The molecule has 19 heavy (non-hydrogen) atoms. The number of rotatable bonds is 2. The van der Waals surface area contributed by atoms with Gasteiger partial charge in [0.1, 0.15) is 0 Å². The molecule has 1 aliphatic heterocycles. The van der Waals surface area contributed by atoms with E-state index in [9.17, 15) is 0 Å². The van der Waals surface area contributed by atoms with Gasteiger partial charge in [0, 0.05) is 28.1 Å². The smallest absolute Gasteiger partial charge is 0.0421 e. The average Bonchev–Trinajstić information content (AvgIpc) is 2.46. The molecule has 0 bridgehead atoms. The fourth-order valence-corrected chi connectivity index (χ4v) is 4.66. The summed E-state index contributed by atoms with van der Waals surface area (Å²) in [5, 5.41) is 0.948. The Balaban J connectivity index is 1.93. The van der Waals surface area contributed by atoms with Gasteiger partial charge in [-0.25, -0.2) is 0 Å². The molecule has 1 nitrogen and oxygen atoms in total. The number of nitrogens with zero attached hydrogens (tertiary/aromatic N) is 1. The van der Waals surface area contributed by atoms with Crippen molar-refractivity contribution < 1.29 is 0 Å². The number of piperidine rings is 1. The van der Waals surface area contributed by atoms with Gasteiger partial charge in [-0.3, -0.25) is 0 Å². The van der Waals surface area contributed by atoms with Crippen LogP contribution in [-0.4, -0.2) is 12.6 Å². The van der Waals surface area contributed by atoms with Crippen molar-refractivity contribution in [2.24, 2.45) is 5.92 Å². The zero-order chi connectivity index (χ0) is 13.2. The number of anilines is 1. The Morgan fingerprint density at radius 1 is 1.11 bits per heavy atom. The minimum atomic E-state index is 0.787. The Labute approximate surface area is 133 Å². The Hall–Kier alpha value is -0.0200. The van der Waals surface area contributed by atoms with Gasteiger partial charge >= 0.3 is 0 Å². The van der Waals surface area contributed by atoms with Gasteiger partial charge in [-0.05, 0) is 49.3 Å². The highest BCUT2D eigenvalue weighted by molar-refractivity contribution is 9.10. The first-order valence-corrected chi connectivity index (χ1v) is 9.32. The average molecular weight is 387 g/mol. The molecule has 1 heterocycles. The molecule has 1 aromatic rings. The lowest BCUT2D eigenvalue weighted by atomic mass is 9.78. The van der Waals surface area contributed by atoms with Gasteiger partial charge in [0.25, 0.3) is 0 Å². The van der Waals surface area contributed by atoms with E-state index in [-0.39, 0.29) is 0 Å². The molecule has 104 valence electrons. The van der Waals surface area contributed by atoms with E-state index < -0.39 is 0 Å². The molecular formula is C16H21Br2N. The minimum absolute atomic E-state index is 0.787. The molecule has 3 heteroatoms. The number of halogens is 2. The van der Waals surface area contributed by atoms with Gasteiger partial charge < -0.3 is 4.90 Å². The van der Waals surface area contributed by atoms with Crippen LogP contribution in [0.5, 0.6) is 0 Å². The van der Waals surface area contributed by atoms with Crippen LogP contribution in [0.25, 0.3) is 0 Å². The van der Waals surface area contributed by atoms with E-state index in [0.717, 1.165) is 17.3 Å². The lowest BCUT2D eigenvalue weighted by molar-refractivity contribution is 0.243. The van der Waals surface area contributed by atoms with Crippen LogP contribution in [0.15, 0.2) is 22.7 Å². The van der Waals surface area contributed by atoms with E-state index >= 15 is 0 Å². The fraction of sp³-hybridized carbons (Fsp3) is 0.625. The highest BCUT2D eigenvalue weighted by atomic mass is 79.9. The van der Waals surface area contributed by atoms with Gasteiger partial charge in [-0.1, -0.05) is 50.8 Å². The first-order valence-electron chi connectivity index (χ1n) is 7.40. The van der Waals surface area contributed by atoms with E-state index in [1.807, 2.05) is 0 Å². The third-order valence-corrected chi connectivity index (χ3v) is 5.84. The summed E-state index contributed by atoms with van der Waals surface area (Å²) in [5.41, 5.74) is 2.87. The molecule has 3 rings (SSSR count). The Kier molecular flexibility index (Phi) is 4.53. The second-order valence-electron chi connectivity index (χ2n) is 5.85. The molecule has 0 amide bonds. The summed E-state index contributed by atoms with van der Waals surface area (Å²) in [5.74, 6) is 0.935. The number of hydrogen-bond donors (Lipinski definition) is 0. The quantitative estimate of drug-likeness (QED) is 0.606. The van der Waals surface area contributed by atoms with Crippen LogP contribution in [0, 0.1) is 5.92 Å². The minimum Gasteiger partial charge on any atom is -0.368 e. The summed E-state index contributed by atoms with van der Waals surface area (Å²) < 4.78 is 1.20. The fourth-order valence-electron chi connectivity index (χ4n) is 3.84. The summed E-state index contributed by atoms with van der Waals surface area (Å²) in [6.07, 6.45) is 8.49. The Bertz CT molecular complexity index is 444. The predicted molar refractivity (Wildman–Crippen MR) is 89.1 cm³/mol. The number of alkyl halides is 1. The molecule has 0 aromatic heterocycles. The third-order valence-electron chi connectivity index (χ3n) is 4.74. The second-order valence-corrected chi connectivity index (χ2v) is 7.33. The number of benzene rings is 1. The summed E-state index contributed by atoms with van der Waals surface area (Å²) in [7, 11) is 0. The van der Waals surface area contributed by atoms with E-state index in [1.165, 1.54) is 60.8 Å². The SMILES string of the molecule is BrCc1ccc(Br)cc1N1CCC[C@H]2CCCC[C@H]21. The van der Waals surface area contributed by atoms with Crippen LogP contribution in [0.2, 0.25) is 0 Å². The lowest BCUT2D eigenvalue weighted by Crippen LogP contribution is -2.47. The van der Waals surface area contributed by atoms with Crippen molar-refractivity contribution in [3.63, 3.8) is 0 Å². The van der Waals surface area contributed by atoms with Gasteiger partial charge in [0.05, 0.1) is 0 Å². The van der Waals surface area contributed by atoms with Gasteiger partial charge in [0.15, 0.2) is 0 Å². The van der Waals surface area contributed by atoms with Crippen LogP contribution in [0.4, 0.5) is 5.69 Å². The zero-order valence-electron chi connectivity index (χ0n) is 11.2. The van der Waals surface area contributed by atoms with E-state index in [0.29, 0.717) is 0 Å². The monoisotopic (exact) mass is 385 g/mol. The topological polar surface area (TPSA) is 3.24 Å². The highest BCUT2D eigenvalue weighted by Gasteiger charge is 2.33. The zero-order valence-corrected chi connectivity index (χ0v) is 14.4. The molecule has 2 fully saturated rings.